The minimum atomic E-state index is -5.67. The van der Waals surface area contributed by atoms with E-state index < -0.39 is 53.5 Å². The highest BCUT2D eigenvalue weighted by Gasteiger charge is 2.65. The summed E-state index contributed by atoms with van der Waals surface area (Å²) >= 11 is 10.0. The Labute approximate surface area is 152 Å². The SMILES string of the molecule is CCOC(=O)[C@](Cl)(NC(=O)N[C@](Cl)(C(=O)OCC)C(F)(F)F)C(F)(F)F. The number of ether oxygens (including phenoxy) is 2. The lowest BCUT2D eigenvalue weighted by Crippen LogP contribution is -2.67. The summed E-state index contributed by atoms with van der Waals surface area (Å²) in [6.07, 6.45) is -11.3. The van der Waals surface area contributed by atoms with E-state index in [4.69, 9.17) is 23.2 Å². The summed E-state index contributed by atoms with van der Waals surface area (Å²) in [6.45, 7) is 1.05. The maximum absolute atomic E-state index is 13.0. The van der Waals surface area contributed by atoms with Gasteiger partial charge in [-0.25, -0.2) is 14.4 Å². The molecular weight excluding hydrogens is 425 g/mol. The molecule has 0 fully saturated rings. The summed E-state index contributed by atoms with van der Waals surface area (Å²) in [5.41, 5.74) is 0. The molecule has 26 heavy (non-hydrogen) atoms. The van der Waals surface area contributed by atoms with Gasteiger partial charge in [-0.2, -0.15) is 26.3 Å². The highest BCUT2D eigenvalue weighted by molar-refractivity contribution is 6.36. The van der Waals surface area contributed by atoms with Crippen molar-refractivity contribution in [1.82, 2.24) is 10.6 Å². The highest BCUT2D eigenvalue weighted by Crippen LogP contribution is 2.37. The lowest BCUT2D eigenvalue weighted by molar-refractivity contribution is -0.193. The van der Waals surface area contributed by atoms with E-state index in [9.17, 15) is 40.7 Å². The number of nitrogens with one attached hydrogen (secondary N) is 2. The van der Waals surface area contributed by atoms with Gasteiger partial charge in [0.25, 0.3) is 0 Å². The van der Waals surface area contributed by atoms with Crippen molar-refractivity contribution in [2.24, 2.45) is 0 Å². The molecule has 0 aromatic rings. The van der Waals surface area contributed by atoms with E-state index >= 15 is 0 Å². The summed E-state index contributed by atoms with van der Waals surface area (Å²) in [7, 11) is 0. The van der Waals surface area contributed by atoms with Crippen LogP contribution in [0.15, 0.2) is 0 Å². The molecule has 0 spiro atoms. The molecule has 0 saturated heterocycles. The van der Waals surface area contributed by atoms with Gasteiger partial charge in [0.15, 0.2) is 0 Å². The number of urea groups is 1. The highest BCUT2D eigenvalue weighted by atomic mass is 35.5. The van der Waals surface area contributed by atoms with Crippen molar-refractivity contribution in [1.29, 1.82) is 0 Å². The first kappa shape index (κ1) is 24.4. The van der Waals surface area contributed by atoms with E-state index in [0.29, 0.717) is 0 Å². The van der Waals surface area contributed by atoms with E-state index in [0.717, 1.165) is 24.5 Å². The standard InChI is InChI=1S/C11H12Cl2F6N2O5/c1-3-25-5(22)8(12,10(14,15)16)20-7(24)21-9(13,11(17,18)19)6(23)26-4-2/h3-4H2,1-2H3,(H2,20,21,24)/t8-,9+. The first-order valence-electron chi connectivity index (χ1n) is 6.52. The van der Waals surface area contributed by atoms with Crippen molar-refractivity contribution >= 4 is 41.2 Å². The van der Waals surface area contributed by atoms with Gasteiger partial charge in [0.05, 0.1) is 13.2 Å². The van der Waals surface area contributed by atoms with Gasteiger partial charge >= 0.3 is 40.3 Å². The molecule has 152 valence electrons. The van der Waals surface area contributed by atoms with Crippen LogP contribution in [0.3, 0.4) is 0 Å². The predicted octanol–water partition coefficient (Wildman–Crippen LogP) is 2.41. The Kier molecular flexibility index (Phi) is 7.85. The van der Waals surface area contributed by atoms with Gasteiger partial charge < -0.3 is 20.1 Å². The number of hydrogen-bond acceptors (Lipinski definition) is 5. The van der Waals surface area contributed by atoms with Crippen molar-refractivity contribution in [3.05, 3.63) is 0 Å². The Morgan fingerprint density at radius 1 is 0.769 bits per heavy atom. The van der Waals surface area contributed by atoms with Crippen LogP contribution >= 0.6 is 23.2 Å². The summed E-state index contributed by atoms with van der Waals surface area (Å²) in [5, 5.41) is 1.53. The molecular formula is C11H12Cl2F6N2O5. The molecule has 0 aliphatic rings. The van der Waals surface area contributed by atoms with Gasteiger partial charge in [0.1, 0.15) is 0 Å². The Balaban J connectivity index is 5.68. The van der Waals surface area contributed by atoms with Gasteiger partial charge in [-0.3, -0.25) is 0 Å². The number of carbonyl (C=O) groups excluding carboxylic acids is 3. The fraction of sp³-hybridized carbons (Fsp3) is 0.727. The van der Waals surface area contributed by atoms with Crippen molar-refractivity contribution in [3.63, 3.8) is 0 Å². The Hall–Kier alpha value is -1.63. The Morgan fingerprint density at radius 3 is 1.23 bits per heavy atom. The van der Waals surface area contributed by atoms with Crippen LogP contribution in [0, 0.1) is 0 Å². The largest absolute Gasteiger partial charge is 0.463 e. The van der Waals surface area contributed by atoms with Crippen LogP contribution in [-0.4, -0.2) is 53.5 Å². The van der Waals surface area contributed by atoms with Crippen molar-refractivity contribution in [3.8, 4) is 0 Å². The van der Waals surface area contributed by atoms with Crippen molar-refractivity contribution in [2.45, 2.75) is 36.2 Å². The molecule has 0 bridgehead atoms. The van der Waals surface area contributed by atoms with Crippen LogP contribution in [0.5, 0.6) is 0 Å². The maximum Gasteiger partial charge on any atom is 0.437 e. The number of carbonyl (C=O) groups is 3. The van der Waals surface area contributed by atoms with Crippen molar-refractivity contribution in [2.75, 3.05) is 13.2 Å². The average molecular weight is 437 g/mol. The molecule has 7 nitrogen and oxygen atoms in total. The minimum absolute atomic E-state index is 0.586. The predicted molar refractivity (Wildman–Crippen MR) is 74.2 cm³/mol. The maximum atomic E-state index is 13.0. The number of esters is 2. The Morgan fingerprint density at radius 2 is 1.04 bits per heavy atom. The zero-order valence-corrected chi connectivity index (χ0v) is 14.5. The average Bonchev–Trinajstić information content (AvgIpc) is 2.44. The summed E-state index contributed by atoms with van der Waals surface area (Å²) < 4.78 is 85.9. The van der Waals surface area contributed by atoms with Gasteiger partial charge in [-0.1, -0.05) is 23.2 Å². The summed E-state index contributed by atoms with van der Waals surface area (Å²) in [4.78, 5) is 25.9. The molecule has 0 aliphatic carbocycles. The normalized spacial score (nSPS) is 16.7. The topological polar surface area (TPSA) is 93.7 Å². The lowest BCUT2D eigenvalue weighted by atomic mass is 10.2. The van der Waals surface area contributed by atoms with Crippen LogP contribution in [-0.2, 0) is 19.1 Å². The zero-order valence-electron chi connectivity index (χ0n) is 13.0. The summed E-state index contributed by atoms with van der Waals surface area (Å²) in [5.74, 6) is -4.43. The quantitative estimate of drug-likeness (QED) is 0.288. The third kappa shape index (κ3) is 5.19. The molecule has 0 saturated carbocycles. The van der Waals surface area contributed by atoms with E-state index in [-0.39, 0.29) is 0 Å². The second-order valence-electron chi connectivity index (χ2n) is 4.33. The third-order valence-corrected chi connectivity index (χ3v) is 3.39. The van der Waals surface area contributed by atoms with Gasteiger partial charge in [-0.15, -0.1) is 0 Å². The lowest BCUT2D eigenvalue weighted by Gasteiger charge is -2.31. The van der Waals surface area contributed by atoms with Gasteiger partial charge in [0.2, 0.25) is 0 Å². The van der Waals surface area contributed by atoms with E-state index in [1.54, 1.807) is 0 Å². The first-order chi connectivity index (χ1) is 11.6. The van der Waals surface area contributed by atoms with Gasteiger partial charge in [-0.05, 0) is 13.8 Å². The molecule has 15 heteroatoms. The molecule has 0 rings (SSSR count). The molecule has 0 unspecified atom stereocenters. The molecule has 2 amide bonds. The number of hydrogen-bond donors (Lipinski definition) is 2. The van der Waals surface area contributed by atoms with Crippen LogP contribution < -0.4 is 10.6 Å². The Bertz CT molecular complexity index is 512. The minimum Gasteiger partial charge on any atom is -0.463 e. The molecule has 0 radical (unpaired) electrons. The molecule has 0 heterocycles. The number of halogens is 8. The van der Waals surface area contributed by atoms with Crippen LogP contribution in [0.1, 0.15) is 13.8 Å². The van der Waals surface area contributed by atoms with E-state index in [1.165, 1.54) is 0 Å². The molecule has 2 atom stereocenters. The number of rotatable bonds is 6. The molecule has 0 aromatic carbocycles. The number of amides is 2. The smallest absolute Gasteiger partial charge is 0.437 e. The molecule has 0 aromatic heterocycles. The second kappa shape index (κ2) is 8.37. The monoisotopic (exact) mass is 436 g/mol. The van der Waals surface area contributed by atoms with Gasteiger partial charge in [0, 0.05) is 0 Å². The van der Waals surface area contributed by atoms with Crippen LogP contribution in [0.25, 0.3) is 0 Å². The van der Waals surface area contributed by atoms with E-state index in [1.807, 2.05) is 0 Å². The van der Waals surface area contributed by atoms with Crippen LogP contribution in [0.4, 0.5) is 31.1 Å². The first-order valence-corrected chi connectivity index (χ1v) is 7.28. The van der Waals surface area contributed by atoms with Crippen LogP contribution in [0.2, 0.25) is 0 Å². The fourth-order valence-electron chi connectivity index (χ4n) is 1.28. The van der Waals surface area contributed by atoms with Crippen molar-refractivity contribution < 1.29 is 50.2 Å². The molecule has 0 aliphatic heterocycles. The second-order valence-corrected chi connectivity index (χ2v) is 5.47. The fourth-order valence-corrected chi connectivity index (χ4v) is 1.56. The summed E-state index contributed by atoms with van der Waals surface area (Å²) in [6, 6.07) is -2.34. The third-order valence-electron chi connectivity index (χ3n) is 2.47. The molecule has 2 N–H and O–H groups in total. The zero-order chi connectivity index (χ0) is 21.0. The van der Waals surface area contributed by atoms with E-state index in [2.05, 4.69) is 9.47 Å². The number of alkyl halides is 8.